The van der Waals surface area contributed by atoms with Gasteiger partial charge in [-0.25, -0.2) is 0 Å². The van der Waals surface area contributed by atoms with E-state index in [9.17, 15) is 0 Å². The summed E-state index contributed by atoms with van der Waals surface area (Å²) in [6.45, 7) is 1.11. The summed E-state index contributed by atoms with van der Waals surface area (Å²) in [6, 6.07) is 15.2. The molecule has 0 fully saturated rings. The Morgan fingerprint density at radius 1 is 0.900 bits per heavy atom. The predicted molar refractivity (Wildman–Crippen MR) is 129 cm³/mol. The van der Waals surface area contributed by atoms with Crippen LogP contribution in [0, 0.1) is 5.41 Å². The zero-order valence-electron chi connectivity index (χ0n) is 15.7. The second-order valence-electron chi connectivity index (χ2n) is 6.78. The Balaban J connectivity index is 1.75. The Labute approximate surface area is 188 Å². The Kier molecular flexibility index (Phi) is 5.81. The van der Waals surface area contributed by atoms with E-state index < -0.39 is 0 Å². The number of fused-ring (bicyclic) bond motifs is 3. The van der Waals surface area contributed by atoms with Gasteiger partial charge >= 0.3 is 0 Å². The molecule has 0 radical (unpaired) electrons. The molecule has 6 nitrogen and oxygen atoms in total. The first-order chi connectivity index (χ1) is 14.4. The van der Waals surface area contributed by atoms with E-state index in [1.54, 1.807) is 12.1 Å². The Morgan fingerprint density at radius 3 is 2.50 bits per heavy atom. The van der Waals surface area contributed by atoms with E-state index in [4.69, 9.17) is 45.9 Å². The van der Waals surface area contributed by atoms with Crippen molar-refractivity contribution in [1.29, 1.82) is 5.41 Å². The van der Waals surface area contributed by atoms with Gasteiger partial charge in [0.1, 0.15) is 0 Å². The van der Waals surface area contributed by atoms with Crippen molar-refractivity contribution in [2.75, 3.05) is 23.7 Å². The monoisotopic (exact) mass is 460 g/mol. The summed E-state index contributed by atoms with van der Waals surface area (Å²) in [5.74, 6) is -0.0581. The van der Waals surface area contributed by atoms with Crippen LogP contribution in [0.3, 0.4) is 0 Å². The van der Waals surface area contributed by atoms with Gasteiger partial charge in [0.2, 0.25) is 0 Å². The molecule has 154 valence electrons. The highest BCUT2D eigenvalue weighted by atomic mass is 35.5. The fourth-order valence-corrected chi connectivity index (χ4v) is 3.79. The summed E-state index contributed by atoms with van der Waals surface area (Å²) in [5, 5.41) is 20.6. The van der Waals surface area contributed by atoms with Gasteiger partial charge in [-0.2, -0.15) is 0 Å². The van der Waals surface area contributed by atoms with Crippen LogP contribution < -0.4 is 21.7 Å². The van der Waals surface area contributed by atoms with E-state index in [-0.39, 0.29) is 5.96 Å². The summed E-state index contributed by atoms with van der Waals surface area (Å²) >= 11 is 18.4. The van der Waals surface area contributed by atoms with Gasteiger partial charge in [0, 0.05) is 45.8 Å². The number of halogens is 3. The minimum Gasteiger partial charge on any atom is -0.382 e. The first kappa shape index (κ1) is 20.5. The van der Waals surface area contributed by atoms with Gasteiger partial charge in [0.05, 0.1) is 21.2 Å². The first-order valence-corrected chi connectivity index (χ1v) is 10.3. The maximum absolute atomic E-state index is 7.28. The Morgan fingerprint density at radius 2 is 1.73 bits per heavy atom. The molecule has 0 spiro atoms. The predicted octanol–water partition coefficient (Wildman–Crippen LogP) is 5.92. The second kappa shape index (κ2) is 8.52. The van der Waals surface area contributed by atoms with E-state index in [0.717, 1.165) is 38.9 Å². The molecule has 7 N–H and O–H groups in total. The van der Waals surface area contributed by atoms with Crippen molar-refractivity contribution in [2.24, 2.45) is 5.73 Å². The Bertz CT molecular complexity index is 1250. The molecule has 0 bridgehead atoms. The molecule has 1 aromatic heterocycles. The van der Waals surface area contributed by atoms with Gasteiger partial charge < -0.3 is 26.7 Å². The molecule has 0 unspecified atom stereocenters. The number of benzene rings is 3. The van der Waals surface area contributed by atoms with Crippen LogP contribution in [0.1, 0.15) is 0 Å². The summed E-state index contributed by atoms with van der Waals surface area (Å²) in [4.78, 5) is 3.46. The summed E-state index contributed by atoms with van der Waals surface area (Å²) in [5.41, 5.74) is 9.93. The summed E-state index contributed by atoms with van der Waals surface area (Å²) < 4.78 is 0. The number of hydrogen-bond acceptors (Lipinski definition) is 3. The van der Waals surface area contributed by atoms with E-state index >= 15 is 0 Å². The van der Waals surface area contributed by atoms with Crippen LogP contribution in [0.25, 0.3) is 21.8 Å². The molecule has 30 heavy (non-hydrogen) atoms. The van der Waals surface area contributed by atoms with E-state index in [2.05, 4.69) is 27.0 Å². The van der Waals surface area contributed by atoms with Gasteiger partial charge in [-0.1, -0.05) is 34.8 Å². The van der Waals surface area contributed by atoms with Gasteiger partial charge in [-0.15, -0.1) is 0 Å². The third kappa shape index (κ3) is 4.36. The number of H-pyrrole nitrogens is 1. The number of nitrogens with two attached hydrogens (primary N) is 1. The molecular formula is C21H19Cl3N6. The van der Waals surface area contributed by atoms with E-state index in [1.165, 1.54) is 0 Å². The SMILES string of the molecule is N=C(N)NCCNc1cc(Nc2ccc(Cl)c(Cl)c2)cc2c1[nH]c1ccc(Cl)cc12. The third-order valence-electron chi connectivity index (χ3n) is 4.63. The molecule has 4 aromatic rings. The molecule has 0 atom stereocenters. The lowest BCUT2D eigenvalue weighted by Gasteiger charge is -2.13. The Hall–Kier alpha value is -2.80. The number of hydrogen-bond donors (Lipinski definition) is 6. The van der Waals surface area contributed by atoms with Gasteiger partial charge in [0.15, 0.2) is 5.96 Å². The smallest absolute Gasteiger partial charge is 0.185 e. The van der Waals surface area contributed by atoms with Gasteiger partial charge in [0.25, 0.3) is 0 Å². The minimum absolute atomic E-state index is 0.0581. The van der Waals surface area contributed by atoms with Crippen LogP contribution in [-0.2, 0) is 0 Å². The molecule has 1 heterocycles. The number of rotatable bonds is 6. The quantitative estimate of drug-likeness (QED) is 0.122. The van der Waals surface area contributed by atoms with Crippen LogP contribution in [0.15, 0.2) is 48.5 Å². The second-order valence-corrected chi connectivity index (χ2v) is 8.03. The largest absolute Gasteiger partial charge is 0.382 e. The highest BCUT2D eigenvalue weighted by Crippen LogP contribution is 2.36. The standard InChI is InChI=1S/C21H19Cl3N6/c22-11-1-4-18-14(7-11)15-8-13(29-12-2-3-16(23)17(24)9-12)10-19(20(15)30-18)27-5-6-28-21(25)26/h1-4,7-10,27,29-30H,5-6H2,(H4,25,26,28). The summed E-state index contributed by atoms with van der Waals surface area (Å²) in [7, 11) is 0. The van der Waals surface area contributed by atoms with Gasteiger partial charge in [-0.05, 0) is 48.5 Å². The lowest BCUT2D eigenvalue weighted by molar-refractivity contribution is 0.893. The average molecular weight is 462 g/mol. The molecule has 9 heteroatoms. The lowest BCUT2D eigenvalue weighted by atomic mass is 10.1. The lowest BCUT2D eigenvalue weighted by Crippen LogP contribution is -2.33. The maximum Gasteiger partial charge on any atom is 0.185 e. The van der Waals surface area contributed by atoms with Crippen molar-refractivity contribution in [2.45, 2.75) is 0 Å². The normalized spacial score (nSPS) is 11.0. The van der Waals surface area contributed by atoms with E-state index in [1.807, 2.05) is 30.3 Å². The fourth-order valence-electron chi connectivity index (χ4n) is 3.32. The van der Waals surface area contributed by atoms with Crippen LogP contribution in [0.2, 0.25) is 15.1 Å². The molecule has 0 aliphatic carbocycles. The molecule has 4 rings (SSSR count). The van der Waals surface area contributed by atoms with Crippen molar-refractivity contribution >= 4 is 79.6 Å². The molecule has 0 aliphatic heterocycles. The number of anilines is 3. The highest BCUT2D eigenvalue weighted by molar-refractivity contribution is 6.42. The zero-order chi connectivity index (χ0) is 21.3. The summed E-state index contributed by atoms with van der Waals surface area (Å²) in [6.07, 6.45) is 0. The van der Waals surface area contributed by atoms with Crippen molar-refractivity contribution in [3.63, 3.8) is 0 Å². The van der Waals surface area contributed by atoms with Crippen LogP contribution >= 0.6 is 34.8 Å². The first-order valence-electron chi connectivity index (χ1n) is 9.19. The van der Waals surface area contributed by atoms with Crippen molar-refractivity contribution in [3.8, 4) is 0 Å². The zero-order valence-corrected chi connectivity index (χ0v) is 18.0. The molecule has 0 aliphatic rings. The van der Waals surface area contributed by atoms with Gasteiger partial charge in [-0.3, -0.25) is 5.41 Å². The number of aromatic amines is 1. The number of nitrogens with one attached hydrogen (secondary N) is 5. The fraction of sp³-hybridized carbons (Fsp3) is 0.0952. The average Bonchev–Trinajstić information content (AvgIpc) is 3.06. The van der Waals surface area contributed by atoms with Crippen LogP contribution in [-0.4, -0.2) is 24.0 Å². The van der Waals surface area contributed by atoms with Crippen LogP contribution in [0.5, 0.6) is 0 Å². The molecule has 3 aromatic carbocycles. The maximum atomic E-state index is 7.28. The van der Waals surface area contributed by atoms with Crippen molar-refractivity contribution in [3.05, 3.63) is 63.6 Å². The minimum atomic E-state index is -0.0581. The number of aromatic nitrogens is 1. The molecular weight excluding hydrogens is 443 g/mol. The number of guanidine groups is 1. The molecule has 0 amide bonds. The van der Waals surface area contributed by atoms with E-state index in [0.29, 0.717) is 28.2 Å². The molecule has 0 saturated heterocycles. The third-order valence-corrected chi connectivity index (χ3v) is 5.61. The van der Waals surface area contributed by atoms with Crippen molar-refractivity contribution < 1.29 is 0 Å². The highest BCUT2D eigenvalue weighted by Gasteiger charge is 2.12. The van der Waals surface area contributed by atoms with Crippen molar-refractivity contribution in [1.82, 2.24) is 10.3 Å². The van der Waals surface area contributed by atoms with Crippen LogP contribution in [0.4, 0.5) is 17.1 Å². The topological polar surface area (TPSA) is 102 Å². The molecule has 0 saturated carbocycles.